The average Bonchev–Trinajstić information content (AvgIpc) is 3.03. The molecule has 0 bridgehead atoms. The molecule has 5 rings (SSSR count). The Labute approximate surface area is 223 Å². The largest absolute Gasteiger partial charge is 0.494 e. The van der Waals surface area contributed by atoms with Crippen LogP contribution in [0.1, 0.15) is 17.3 Å². The molecule has 2 aliphatic heterocycles. The van der Waals surface area contributed by atoms with Crippen molar-refractivity contribution in [2.45, 2.75) is 6.92 Å². The second kappa shape index (κ2) is 11.2. The minimum Gasteiger partial charge on any atom is -0.494 e. The maximum absolute atomic E-state index is 13.2. The Balaban J connectivity index is 1.33. The van der Waals surface area contributed by atoms with Crippen molar-refractivity contribution in [1.29, 1.82) is 0 Å². The number of piperazine rings is 1. The first-order valence-electron chi connectivity index (χ1n) is 13.0. The van der Waals surface area contributed by atoms with Crippen molar-refractivity contribution in [1.82, 2.24) is 19.8 Å². The monoisotopic (exact) mass is 517 g/mol. The van der Waals surface area contributed by atoms with Crippen LogP contribution in [0.15, 0.2) is 48.7 Å². The summed E-state index contributed by atoms with van der Waals surface area (Å²) in [5, 5.41) is 3.28. The predicted molar refractivity (Wildman–Crippen MR) is 150 cm³/mol. The Morgan fingerprint density at radius 1 is 1.03 bits per heavy atom. The molecule has 2 aromatic carbocycles. The molecule has 2 aliphatic rings. The summed E-state index contributed by atoms with van der Waals surface area (Å²) >= 11 is 0. The summed E-state index contributed by atoms with van der Waals surface area (Å²) in [6, 6.07) is 13.3. The zero-order valence-corrected chi connectivity index (χ0v) is 22.5. The number of hydrogen-bond acceptors (Lipinski definition) is 9. The minimum atomic E-state index is -0.0668. The highest BCUT2D eigenvalue weighted by molar-refractivity contribution is 6.13. The zero-order chi connectivity index (χ0) is 26.6. The van der Waals surface area contributed by atoms with Crippen molar-refractivity contribution in [3.63, 3.8) is 0 Å². The normalized spacial score (nSPS) is 16.1. The van der Waals surface area contributed by atoms with E-state index in [4.69, 9.17) is 14.5 Å². The van der Waals surface area contributed by atoms with Gasteiger partial charge in [0.1, 0.15) is 23.8 Å². The SMILES string of the molecule is CCN1C(=O)c2ccccc2N(C)c2nc(Nc3ccc(OCCN4CCN(C)CC4)cc3OC)ncc21. The van der Waals surface area contributed by atoms with Crippen LogP contribution in [-0.2, 0) is 0 Å². The number of para-hydroxylation sites is 1. The van der Waals surface area contributed by atoms with Gasteiger partial charge in [-0.05, 0) is 38.2 Å². The van der Waals surface area contributed by atoms with Crippen molar-refractivity contribution < 1.29 is 14.3 Å². The van der Waals surface area contributed by atoms with Gasteiger partial charge in [-0.3, -0.25) is 9.69 Å². The summed E-state index contributed by atoms with van der Waals surface area (Å²) in [7, 11) is 5.70. The molecule has 1 aromatic heterocycles. The smallest absolute Gasteiger partial charge is 0.260 e. The minimum absolute atomic E-state index is 0.0668. The standard InChI is InChI=1S/C28H35N7O3/c1-5-35-24-19-29-28(31-26(24)33(3)23-9-7-6-8-21(23)27(35)36)30-22-11-10-20(18-25(22)37-4)38-17-16-34-14-12-32(2)13-15-34/h6-11,18-19H,5,12-17H2,1-4H3,(H,29,30,31). The maximum atomic E-state index is 13.2. The molecule has 200 valence electrons. The first-order chi connectivity index (χ1) is 18.5. The number of hydrogen-bond donors (Lipinski definition) is 1. The number of nitrogens with one attached hydrogen (secondary N) is 1. The predicted octanol–water partition coefficient (Wildman–Crippen LogP) is 3.60. The molecule has 38 heavy (non-hydrogen) atoms. The Morgan fingerprint density at radius 2 is 1.82 bits per heavy atom. The third kappa shape index (κ3) is 5.23. The Hall–Kier alpha value is -3.89. The molecule has 10 nitrogen and oxygen atoms in total. The zero-order valence-electron chi connectivity index (χ0n) is 22.5. The van der Waals surface area contributed by atoms with Crippen LogP contribution in [0.5, 0.6) is 11.5 Å². The van der Waals surface area contributed by atoms with Crippen LogP contribution in [-0.4, -0.2) is 92.8 Å². The molecule has 0 radical (unpaired) electrons. The van der Waals surface area contributed by atoms with E-state index in [1.165, 1.54) is 0 Å². The van der Waals surface area contributed by atoms with Crippen LogP contribution in [0.2, 0.25) is 0 Å². The van der Waals surface area contributed by atoms with E-state index in [0.717, 1.165) is 49.8 Å². The lowest BCUT2D eigenvalue weighted by Crippen LogP contribution is -2.45. The second-order valence-electron chi connectivity index (χ2n) is 9.51. The number of ether oxygens (including phenoxy) is 2. The molecule has 0 aliphatic carbocycles. The molecule has 1 amide bonds. The van der Waals surface area contributed by atoms with Gasteiger partial charge in [0, 0.05) is 52.4 Å². The molecule has 1 fully saturated rings. The van der Waals surface area contributed by atoms with E-state index in [1.54, 1.807) is 18.2 Å². The van der Waals surface area contributed by atoms with Crippen LogP contribution in [0.3, 0.4) is 0 Å². The number of likely N-dealkylation sites (N-methyl/N-ethyl adjacent to an activating group) is 1. The fraction of sp³-hybridized carbons (Fsp3) is 0.393. The summed E-state index contributed by atoms with van der Waals surface area (Å²) < 4.78 is 11.7. The number of carbonyl (C=O) groups is 1. The van der Waals surface area contributed by atoms with Gasteiger partial charge in [-0.25, -0.2) is 4.98 Å². The van der Waals surface area contributed by atoms with Gasteiger partial charge in [-0.2, -0.15) is 4.98 Å². The number of carbonyl (C=O) groups excluding carboxylic acids is 1. The van der Waals surface area contributed by atoms with Crippen molar-refractivity contribution in [3.05, 3.63) is 54.2 Å². The van der Waals surface area contributed by atoms with Crippen LogP contribution in [0, 0.1) is 0 Å². The van der Waals surface area contributed by atoms with Crippen molar-refractivity contribution in [2.75, 3.05) is 82.2 Å². The van der Waals surface area contributed by atoms with Gasteiger partial charge in [0.15, 0.2) is 5.82 Å². The summed E-state index contributed by atoms with van der Waals surface area (Å²) in [5.74, 6) is 2.36. The van der Waals surface area contributed by atoms with Gasteiger partial charge < -0.3 is 29.5 Å². The first-order valence-corrected chi connectivity index (χ1v) is 13.0. The lowest BCUT2D eigenvalue weighted by molar-refractivity contribution is 0.0989. The Morgan fingerprint density at radius 3 is 2.58 bits per heavy atom. The van der Waals surface area contributed by atoms with Crippen molar-refractivity contribution in [2.24, 2.45) is 0 Å². The highest BCUT2D eigenvalue weighted by Crippen LogP contribution is 2.39. The Bertz CT molecular complexity index is 1290. The molecule has 0 atom stereocenters. The van der Waals surface area contributed by atoms with Crippen LogP contribution in [0.25, 0.3) is 0 Å². The van der Waals surface area contributed by atoms with Gasteiger partial charge in [-0.1, -0.05) is 12.1 Å². The second-order valence-corrected chi connectivity index (χ2v) is 9.51. The summed E-state index contributed by atoms with van der Waals surface area (Å²) in [5.41, 5.74) is 2.82. The maximum Gasteiger partial charge on any atom is 0.260 e. The van der Waals surface area contributed by atoms with E-state index in [-0.39, 0.29) is 5.91 Å². The molecule has 1 N–H and O–H groups in total. The number of fused-ring (bicyclic) bond motifs is 2. The number of rotatable bonds is 8. The summed E-state index contributed by atoms with van der Waals surface area (Å²) in [6.45, 7) is 8.29. The topological polar surface area (TPSA) is 86.3 Å². The fourth-order valence-corrected chi connectivity index (χ4v) is 4.84. The van der Waals surface area contributed by atoms with Gasteiger partial charge in [0.2, 0.25) is 5.95 Å². The Kier molecular flexibility index (Phi) is 7.62. The third-order valence-electron chi connectivity index (χ3n) is 7.11. The molecular weight excluding hydrogens is 482 g/mol. The molecule has 1 saturated heterocycles. The highest BCUT2D eigenvalue weighted by Gasteiger charge is 2.30. The molecule has 0 unspecified atom stereocenters. The van der Waals surface area contributed by atoms with E-state index in [2.05, 4.69) is 27.1 Å². The molecule has 3 heterocycles. The van der Waals surface area contributed by atoms with E-state index < -0.39 is 0 Å². The number of anilines is 5. The third-order valence-corrected chi connectivity index (χ3v) is 7.11. The van der Waals surface area contributed by atoms with E-state index in [1.807, 2.05) is 61.3 Å². The number of benzene rings is 2. The van der Waals surface area contributed by atoms with E-state index >= 15 is 0 Å². The number of aromatic nitrogens is 2. The number of nitrogens with zero attached hydrogens (tertiary/aromatic N) is 6. The molecule has 0 spiro atoms. The molecule has 10 heteroatoms. The van der Waals surface area contributed by atoms with E-state index in [9.17, 15) is 4.79 Å². The van der Waals surface area contributed by atoms with Gasteiger partial charge in [0.25, 0.3) is 5.91 Å². The van der Waals surface area contributed by atoms with Crippen LogP contribution in [0.4, 0.5) is 28.8 Å². The lowest BCUT2D eigenvalue weighted by Gasteiger charge is -2.32. The lowest BCUT2D eigenvalue weighted by atomic mass is 10.1. The summed E-state index contributed by atoms with van der Waals surface area (Å²) in [4.78, 5) is 31.0. The van der Waals surface area contributed by atoms with Gasteiger partial charge in [-0.15, -0.1) is 0 Å². The molecule has 3 aromatic rings. The van der Waals surface area contributed by atoms with Gasteiger partial charge >= 0.3 is 0 Å². The first kappa shape index (κ1) is 25.7. The van der Waals surface area contributed by atoms with Crippen molar-refractivity contribution in [3.8, 4) is 11.5 Å². The summed E-state index contributed by atoms with van der Waals surface area (Å²) in [6.07, 6.45) is 1.69. The number of amides is 1. The van der Waals surface area contributed by atoms with E-state index in [0.29, 0.717) is 41.9 Å². The van der Waals surface area contributed by atoms with Crippen molar-refractivity contribution >= 4 is 34.7 Å². The number of methoxy groups -OCH3 is 1. The van der Waals surface area contributed by atoms with Gasteiger partial charge in [0.05, 0.1) is 30.2 Å². The quantitative estimate of drug-likeness (QED) is 0.482. The molecular formula is C28H35N7O3. The fourth-order valence-electron chi connectivity index (χ4n) is 4.84. The van der Waals surface area contributed by atoms with Crippen LogP contribution >= 0.6 is 0 Å². The average molecular weight is 518 g/mol. The highest BCUT2D eigenvalue weighted by atomic mass is 16.5. The van der Waals surface area contributed by atoms with Crippen LogP contribution < -0.4 is 24.6 Å². The molecule has 0 saturated carbocycles.